The van der Waals surface area contributed by atoms with Crippen molar-refractivity contribution in [1.29, 1.82) is 5.26 Å². The third kappa shape index (κ3) is 2.80. The molecule has 0 bridgehead atoms. The second-order valence-electron chi connectivity index (χ2n) is 5.10. The first kappa shape index (κ1) is 14.0. The highest BCUT2D eigenvalue weighted by Gasteiger charge is 2.40. The number of rotatable bonds is 5. The van der Waals surface area contributed by atoms with E-state index in [0.717, 1.165) is 19.5 Å². The zero-order valence-corrected chi connectivity index (χ0v) is 11.3. The van der Waals surface area contributed by atoms with Gasteiger partial charge in [-0.25, -0.2) is 0 Å². The molecule has 0 aromatic heterocycles. The summed E-state index contributed by atoms with van der Waals surface area (Å²) in [6.45, 7) is 7.75. The van der Waals surface area contributed by atoms with Gasteiger partial charge in [-0.3, -0.25) is 4.79 Å². The van der Waals surface area contributed by atoms with E-state index in [-0.39, 0.29) is 5.91 Å². The predicted molar refractivity (Wildman–Crippen MR) is 68.2 cm³/mol. The number of nitriles is 1. The number of hydrogen-bond donors (Lipinski definition) is 0. The molecule has 1 aliphatic heterocycles. The fraction of sp³-hybridized carbons (Fsp3) is 0.857. The number of hydrogen-bond acceptors (Lipinski definition) is 2. The average molecular weight is 236 g/mol. The van der Waals surface area contributed by atoms with Crippen LogP contribution in [0.5, 0.6) is 0 Å². The Labute approximate surface area is 105 Å². The number of nitrogens with zero attached hydrogens (tertiary/aromatic N) is 2. The van der Waals surface area contributed by atoms with E-state index < -0.39 is 5.41 Å². The Kier molecular flexibility index (Phi) is 4.99. The van der Waals surface area contributed by atoms with Crippen LogP contribution >= 0.6 is 0 Å². The van der Waals surface area contributed by atoms with Crippen LogP contribution in [0.15, 0.2) is 0 Å². The second-order valence-corrected chi connectivity index (χ2v) is 5.10. The Hall–Kier alpha value is -1.04. The smallest absolute Gasteiger partial charge is 0.243 e. The van der Waals surface area contributed by atoms with Crippen LogP contribution in [0, 0.1) is 22.7 Å². The Morgan fingerprint density at radius 1 is 1.41 bits per heavy atom. The summed E-state index contributed by atoms with van der Waals surface area (Å²) in [7, 11) is 0. The largest absolute Gasteiger partial charge is 0.341 e. The molecule has 1 amide bonds. The highest BCUT2D eigenvalue weighted by atomic mass is 16.2. The lowest BCUT2D eigenvalue weighted by Crippen LogP contribution is -2.41. The molecule has 0 aromatic rings. The molecule has 0 aliphatic carbocycles. The fourth-order valence-electron chi connectivity index (χ4n) is 2.72. The van der Waals surface area contributed by atoms with E-state index in [1.54, 1.807) is 0 Å². The molecule has 17 heavy (non-hydrogen) atoms. The molecule has 0 radical (unpaired) electrons. The van der Waals surface area contributed by atoms with Gasteiger partial charge in [0.1, 0.15) is 5.41 Å². The molecule has 1 atom stereocenters. The molecule has 96 valence electrons. The zero-order valence-electron chi connectivity index (χ0n) is 11.3. The van der Waals surface area contributed by atoms with Crippen LogP contribution in [0.3, 0.4) is 0 Å². The maximum atomic E-state index is 12.4. The normalized spacial score (nSPS) is 20.4. The van der Waals surface area contributed by atoms with Crippen LogP contribution in [0.4, 0.5) is 0 Å². The summed E-state index contributed by atoms with van der Waals surface area (Å²) < 4.78 is 0. The molecule has 1 saturated heterocycles. The van der Waals surface area contributed by atoms with E-state index in [1.165, 1.54) is 12.8 Å². The van der Waals surface area contributed by atoms with Crippen LogP contribution in [-0.2, 0) is 4.79 Å². The number of amides is 1. The second kappa shape index (κ2) is 6.05. The highest BCUT2D eigenvalue weighted by Crippen LogP contribution is 2.31. The molecular formula is C14H24N2O. The van der Waals surface area contributed by atoms with Gasteiger partial charge in [0, 0.05) is 13.1 Å². The molecule has 1 rings (SSSR count). The molecule has 3 nitrogen and oxygen atoms in total. The first-order chi connectivity index (χ1) is 8.13. The van der Waals surface area contributed by atoms with Gasteiger partial charge in [0.05, 0.1) is 6.07 Å². The minimum absolute atomic E-state index is 0.0589. The van der Waals surface area contributed by atoms with Crippen molar-refractivity contribution in [2.45, 2.75) is 52.9 Å². The zero-order chi connectivity index (χ0) is 12.9. The van der Waals surface area contributed by atoms with Crippen molar-refractivity contribution in [1.82, 2.24) is 4.90 Å². The van der Waals surface area contributed by atoms with Crippen LogP contribution in [-0.4, -0.2) is 23.9 Å². The third-order valence-electron chi connectivity index (χ3n) is 4.10. The first-order valence-electron chi connectivity index (χ1n) is 6.84. The van der Waals surface area contributed by atoms with E-state index in [9.17, 15) is 10.1 Å². The lowest BCUT2D eigenvalue weighted by atomic mass is 9.82. The van der Waals surface area contributed by atoms with E-state index in [2.05, 4.69) is 13.0 Å². The third-order valence-corrected chi connectivity index (χ3v) is 4.10. The molecule has 0 aromatic carbocycles. The van der Waals surface area contributed by atoms with Crippen molar-refractivity contribution < 1.29 is 4.79 Å². The van der Waals surface area contributed by atoms with Crippen molar-refractivity contribution in [3.8, 4) is 6.07 Å². The molecule has 1 aliphatic rings. The predicted octanol–water partition coefficient (Wildman–Crippen LogP) is 2.96. The summed E-state index contributed by atoms with van der Waals surface area (Å²) in [5, 5.41) is 9.28. The minimum atomic E-state index is -0.777. The van der Waals surface area contributed by atoms with Gasteiger partial charge in [-0.1, -0.05) is 27.2 Å². The Morgan fingerprint density at radius 3 is 2.53 bits per heavy atom. The van der Waals surface area contributed by atoms with Gasteiger partial charge < -0.3 is 4.90 Å². The molecule has 0 spiro atoms. The van der Waals surface area contributed by atoms with Gasteiger partial charge in [0.2, 0.25) is 5.91 Å². The van der Waals surface area contributed by atoms with Gasteiger partial charge in [-0.15, -0.1) is 0 Å². The van der Waals surface area contributed by atoms with Crippen LogP contribution in [0.2, 0.25) is 0 Å². The number of carbonyl (C=O) groups excluding carboxylic acids is 1. The lowest BCUT2D eigenvalue weighted by Gasteiger charge is -2.28. The Morgan fingerprint density at radius 2 is 2.06 bits per heavy atom. The summed E-state index contributed by atoms with van der Waals surface area (Å²) in [5.41, 5.74) is -0.777. The summed E-state index contributed by atoms with van der Waals surface area (Å²) in [5.74, 6) is 0.706. The highest BCUT2D eigenvalue weighted by molar-refractivity contribution is 5.85. The molecule has 1 unspecified atom stereocenters. The summed E-state index contributed by atoms with van der Waals surface area (Å²) in [4.78, 5) is 14.3. The lowest BCUT2D eigenvalue weighted by molar-refractivity contribution is -0.138. The Balaban J connectivity index is 2.68. The van der Waals surface area contributed by atoms with Crippen LogP contribution in [0.1, 0.15) is 52.9 Å². The van der Waals surface area contributed by atoms with Gasteiger partial charge in [-0.05, 0) is 31.6 Å². The monoisotopic (exact) mass is 236 g/mol. The maximum Gasteiger partial charge on any atom is 0.243 e. The quantitative estimate of drug-likeness (QED) is 0.736. The topological polar surface area (TPSA) is 44.1 Å². The van der Waals surface area contributed by atoms with E-state index in [0.29, 0.717) is 18.8 Å². The summed E-state index contributed by atoms with van der Waals surface area (Å²) in [6, 6.07) is 2.25. The van der Waals surface area contributed by atoms with Gasteiger partial charge in [0.25, 0.3) is 0 Å². The molecule has 0 N–H and O–H groups in total. The van der Waals surface area contributed by atoms with Crippen LogP contribution < -0.4 is 0 Å². The van der Waals surface area contributed by atoms with Gasteiger partial charge in [-0.2, -0.15) is 5.26 Å². The summed E-state index contributed by atoms with van der Waals surface area (Å²) in [6.07, 6.45) is 4.72. The van der Waals surface area contributed by atoms with Crippen molar-refractivity contribution in [3.63, 3.8) is 0 Å². The maximum absolute atomic E-state index is 12.4. The fourth-order valence-corrected chi connectivity index (χ4v) is 2.72. The van der Waals surface area contributed by atoms with Crippen molar-refractivity contribution >= 4 is 5.91 Å². The van der Waals surface area contributed by atoms with Gasteiger partial charge >= 0.3 is 0 Å². The SMILES string of the molecule is CCCC1CCN(C(=O)C(C#N)(CC)CC)C1. The van der Waals surface area contributed by atoms with Crippen molar-refractivity contribution in [2.75, 3.05) is 13.1 Å². The van der Waals surface area contributed by atoms with Gasteiger partial charge in [0.15, 0.2) is 0 Å². The standard InChI is InChI=1S/C14H24N2O/c1-4-7-12-8-9-16(10-12)13(17)14(5-2,6-3)11-15/h12H,4-10H2,1-3H3. The Bertz CT molecular complexity index is 302. The van der Waals surface area contributed by atoms with Crippen molar-refractivity contribution in [2.24, 2.45) is 11.3 Å². The summed E-state index contributed by atoms with van der Waals surface area (Å²) >= 11 is 0. The molecule has 0 saturated carbocycles. The van der Waals surface area contributed by atoms with E-state index >= 15 is 0 Å². The van der Waals surface area contributed by atoms with Crippen LogP contribution in [0.25, 0.3) is 0 Å². The molecule has 1 heterocycles. The molecule has 1 fully saturated rings. The first-order valence-corrected chi connectivity index (χ1v) is 6.84. The van der Waals surface area contributed by atoms with E-state index in [1.807, 2.05) is 18.7 Å². The van der Waals surface area contributed by atoms with E-state index in [4.69, 9.17) is 0 Å². The molecular weight excluding hydrogens is 212 g/mol. The number of likely N-dealkylation sites (tertiary alicyclic amines) is 1. The van der Waals surface area contributed by atoms with Crippen molar-refractivity contribution in [3.05, 3.63) is 0 Å². The number of carbonyl (C=O) groups is 1. The average Bonchev–Trinajstić information content (AvgIpc) is 2.81. The molecule has 3 heteroatoms. The minimum Gasteiger partial charge on any atom is -0.341 e.